The normalized spacial score (nSPS) is 19.6. The fourth-order valence-electron chi connectivity index (χ4n) is 3.67. The van der Waals surface area contributed by atoms with E-state index in [2.05, 4.69) is 5.32 Å². The maximum Gasteiger partial charge on any atom is 0.239 e. The molecular weight excluding hydrogens is 408 g/mol. The Hall–Kier alpha value is -1.41. The molecule has 2 fully saturated rings. The van der Waals surface area contributed by atoms with Crippen molar-refractivity contribution in [1.82, 2.24) is 4.90 Å². The number of nitrogens with one attached hydrogen (secondary N) is 1. The van der Waals surface area contributed by atoms with Crippen molar-refractivity contribution in [3.8, 4) is 0 Å². The molecule has 2 aliphatic rings. The zero-order chi connectivity index (χ0) is 19.4. The van der Waals surface area contributed by atoms with Gasteiger partial charge in [-0.05, 0) is 49.8 Å². The van der Waals surface area contributed by atoms with Gasteiger partial charge in [-0.2, -0.15) is 0 Å². The van der Waals surface area contributed by atoms with E-state index in [4.69, 9.17) is 22.1 Å². The van der Waals surface area contributed by atoms with E-state index >= 15 is 0 Å². The van der Waals surface area contributed by atoms with E-state index < -0.39 is 11.9 Å². The van der Waals surface area contributed by atoms with Gasteiger partial charge in [0.05, 0.1) is 11.1 Å². The molecule has 1 unspecified atom stereocenters. The van der Waals surface area contributed by atoms with Crippen LogP contribution in [0.3, 0.4) is 0 Å². The number of rotatable bonds is 4. The molecule has 3 rings (SSSR count). The molecule has 3 N–H and O–H groups in total. The highest BCUT2D eigenvalue weighted by Crippen LogP contribution is 2.24. The fraction of sp³-hybridized carbons (Fsp3) is 0.579. The molecule has 156 valence electrons. The number of carbonyl (C=O) groups excluding carboxylic acids is 2. The second kappa shape index (κ2) is 10.4. The van der Waals surface area contributed by atoms with Crippen molar-refractivity contribution in [3.05, 3.63) is 29.0 Å². The summed E-state index contributed by atoms with van der Waals surface area (Å²) in [6, 6.07) is 3.59. The van der Waals surface area contributed by atoms with E-state index in [-0.39, 0.29) is 41.1 Å². The molecule has 0 spiro atoms. The summed E-state index contributed by atoms with van der Waals surface area (Å²) < 4.78 is 18.5. The Morgan fingerprint density at radius 3 is 2.46 bits per heavy atom. The lowest BCUT2D eigenvalue weighted by Crippen LogP contribution is -2.51. The Labute approximate surface area is 175 Å². The molecule has 2 amide bonds. The average Bonchev–Trinajstić information content (AvgIpc) is 2.70. The van der Waals surface area contributed by atoms with Crippen LogP contribution in [-0.2, 0) is 14.3 Å². The van der Waals surface area contributed by atoms with Gasteiger partial charge in [0.2, 0.25) is 11.8 Å². The Morgan fingerprint density at radius 1 is 1.21 bits per heavy atom. The molecule has 2 heterocycles. The van der Waals surface area contributed by atoms with Gasteiger partial charge in [-0.1, -0.05) is 11.6 Å². The highest BCUT2D eigenvalue weighted by atomic mass is 35.5. The van der Waals surface area contributed by atoms with E-state index in [9.17, 15) is 14.0 Å². The minimum atomic E-state index is -0.526. The molecule has 0 bridgehead atoms. The third-order valence-corrected chi connectivity index (χ3v) is 5.71. The second-order valence-corrected chi connectivity index (χ2v) is 7.60. The number of amides is 2. The molecule has 2 aliphatic heterocycles. The number of halogens is 3. The summed E-state index contributed by atoms with van der Waals surface area (Å²) in [7, 11) is 0. The second-order valence-electron chi connectivity index (χ2n) is 7.19. The predicted molar refractivity (Wildman–Crippen MR) is 108 cm³/mol. The van der Waals surface area contributed by atoms with Gasteiger partial charge in [-0.15, -0.1) is 12.4 Å². The van der Waals surface area contributed by atoms with Gasteiger partial charge in [-0.25, -0.2) is 4.39 Å². The van der Waals surface area contributed by atoms with Crippen LogP contribution >= 0.6 is 24.0 Å². The monoisotopic (exact) mass is 433 g/mol. The molecule has 1 aromatic rings. The van der Waals surface area contributed by atoms with Crippen LogP contribution in [0.25, 0.3) is 0 Å². The zero-order valence-corrected chi connectivity index (χ0v) is 17.1. The molecule has 9 heteroatoms. The number of likely N-dealkylation sites (tertiary alicyclic amines) is 1. The number of nitrogens with zero attached hydrogens (tertiary/aromatic N) is 1. The van der Waals surface area contributed by atoms with Crippen LogP contribution in [0.5, 0.6) is 0 Å². The van der Waals surface area contributed by atoms with E-state index in [1.54, 1.807) is 4.90 Å². The molecule has 28 heavy (non-hydrogen) atoms. The summed E-state index contributed by atoms with van der Waals surface area (Å²) >= 11 is 5.74. The van der Waals surface area contributed by atoms with Crippen LogP contribution in [0.4, 0.5) is 10.1 Å². The molecular formula is C19H26Cl2FN3O3. The maximum absolute atomic E-state index is 13.2. The minimum Gasteiger partial charge on any atom is -0.381 e. The first kappa shape index (κ1) is 22.9. The van der Waals surface area contributed by atoms with Gasteiger partial charge in [0, 0.05) is 37.9 Å². The van der Waals surface area contributed by atoms with Crippen LogP contribution in [-0.4, -0.2) is 49.1 Å². The highest BCUT2D eigenvalue weighted by Gasteiger charge is 2.33. The summed E-state index contributed by atoms with van der Waals surface area (Å²) in [5.74, 6) is -0.736. The van der Waals surface area contributed by atoms with Gasteiger partial charge in [0.15, 0.2) is 0 Å². The number of nitrogens with two attached hydrogens (primary N) is 1. The van der Waals surface area contributed by atoms with Gasteiger partial charge in [0.1, 0.15) is 5.82 Å². The Balaban J connectivity index is 0.00000280. The smallest absolute Gasteiger partial charge is 0.239 e. The Morgan fingerprint density at radius 2 is 1.86 bits per heavy atom. The van der Waals surface area contributed by atoms with Crippen molar-refractivity contribution < 1.29 is 18.7 Å². The molecule has 0 saturated carbocycles. The number of benzene rings is 1. The van der Waals surface area contributed by atoms with Crippen molar-refractivity contribution >= 4 is 41.5 Å². The van der Waals surface area contributed by atoms with Crippen molar-refractivity contribution in [2.75, 3.05) is 31.6 Å². The van der Waals surface area contributed by atoms with Crippen molar-refractivity contribution in [2.24, 2.45) is 17.6 Å². The number of hydrogen-bond donors (Lipinski definition) is 2. The highest BCUT2D eigenvalue weighted by molar-refractivity contribution is 6.31. The summed E-state index contributed by atoms with van der Waals surface area (Å²) in [6.07, 6.45) is 2.78. The molecule has 0 aromatic heterocycles. The summed E-state index contributed by atoms with van der Waals surface area (Å²) in [5.41, 5.74) is 6.64. The van der Waals surface area contributed by atoms with Crippen molar-refractivity contribution in [2.45, 2.75) is 31.7 Å². The fourth-order valence-corrected chi connectivity index (χ4v) is 3.85. The molecule has 0 aliphatic carbocycles. The van der Waals surface area contributed by atoms with Gasteiger partial charge < -0.3 is 20.7 Å². The van der Waals surface area contributed by atoms with Gasteiger partial charge in [-0.3, -0.25) is 9.59 Å². The molecule has 1 aromatic carbocycles. The largest absolute Gasteiger partial charge is 0.381 e. The quantitative estimate of drug-likeness (QED) is 0.764. The lowest BCUT2D eigenvalue weighted by atomic mass is 9.90. The average molecular weight is 434 g/mol. The molecule has 0 radical (unpaired) electrons. The third-order valence-electron chi connectivity index (χ3n) is 5.42. The summed E-state index contributed by atoms with van der Waals surface area (Å²) in [4.78, 5) is 26.8. The van der Waals surface area contributed by atoms with Crippen LogP contribution < -0.4 is 11.1 Å². The number of piperidine rings is 1. The first-order valence-corrected chi connectivity index (χ1v) is 9.71. The number of anilines is 1. The Bertz CT molecular complexity index is 693. The van der Waals surface area contributed by atoms with Gasteiger partial charge >= 0.3 is 0 Å². The topological polar surface area (TPSA) is 84.7 Å². The van der Waals surface area contributed by atoms with Crippen LogP contribution in [0, 0.1) is 17.7 Å². The number of carbonyl (C=O) groups is 2. The lowest BCUT2D eigenvalue weighted by Gasteiger charge is -2.35. The van der Waals surface area contributed by atoms with Crippen molar-refractivity contribution in [3.63, 3.8) is 0 Å². The van der Waals surface area contributed by atoms with E-state index in [0.717, 1.165) is 12.8 Å². The zero-order valence-electron chi connectivity index (χ0n) is 15.5. The molecule has 1 atom stereocenters. The first-order valence-electron chi connectivity index (χ1n) is 9.33. The van der Waals surface area contributed by atoms with E-state index in [0.29, 0.717) is 44.8 Å². The maximum atomic E-state index is 13.2. The lowest BCUT2D eigenvalue weighted by molar-refractivity contribution is -0.137. The van der Waals surface area contributed by atoms with Crippen LogP contribution in [0.15, 0.2) is 18.2 Å². The molecule has 6 nitrogen and oxygen atoms in total. The minimum absolute atomic E-state index is 0. The standard InChI is InChI=1S/C19H25ClFN3O3.ClH/c20-15-11-14(1-2-16(15)21)23-18(25)13-3-7-24(8-4-13)19(26)17(22)12-5-9-27-10-6-12;/h1-2,11-13,17H,3-10,22H2,(H,23,25);1H. The first-order chi connectivity index (χ1) is 13.0. The van der Waals surface area contributed by atoms with Crippen LogP contribution in [0.2, 0.25) is 5.02 Å². The summed E-state index contributed by atoms with van der Waals surface area (Å²) in [5, 5.41) is 2.73. The molecule has 2 saturated heterocycles. The number of ether oxygens (including phenoxy) is 1. The number of hydrogen-bond acceptors (Lipinski definition) is 4. The SMILES string of the molecule is Cl.NC(C(=O)N1CCC(C(=O)Nc2ccc(F)c(Cl)c2)CC1)C1CCOCC1. The van der Waals surface area contributed by atoms with Crippen molar-refractivity contribution in [1.29, 1.82) is 0 Å². The van der Waals surface area contributed by atoms with E-state index in [1.807, 2.05) is 0 Å². The third kappa shape index (κ3) is 5.56. The predicted octanol–water partition coefficient (Wildman–Crippen LogP) is 2.83. The van der Waals surface area contributed by atoms with Crippen LogP contribution in [0.1, 0.15) is 25.7 Å². The Kier molecular flexibility index (Phi) is 8.49. The van der Waals surface area contributed by atoms with Gasteiger partial charge in [0.25, 0.3) is 0 Å². The van der Waals surface area contributed by atoms with E-state index in [1.165, 1.54) is 18.2 Å². The summed E-state index contributed by atoms with van der Waals surface area (Å²) in [6.45, 7) is 2.33.